The Kier molecular flexibility index (Phi) is 6.31. The van der Waals surface area contributed by atoms with Crippen LogP contribution in [0, 0.1) is 5.82 Å². The Bertz CT molecular complexity index is 1150. The van der Waals surface area contributed by atoms with Crippen LogP contribution < -0.4 is 10.1 Å². The van der Waals surface area contributed by atoms with Crippen molar-refractivity contribution in [3.05, 3.63) is 60.2 Å². The summed E-state index contributed by atoms with van der Waals surface area (Å²) < 4.78 is 47.1. The lowest BCUT2D eigenvalue weighted by atomic mass is 10.3. The van der Waals surface area contributed by atoms with Gasteiger partial charge < -0.3 is 15.2 Å². The summed E-state index contributed by atoms with van der Waals surface area (Å²) in [6, 6.07) is 9.69. The van der Waals surface area contributed by atoms with E-state index >= 15 is 0 Å². The van der Waals surface area contributed by atoms with Crippen LogP contribution in [0.3, 0.4) is 0 Å². The summed E-state index contributed by atoms with van der Waals surface area (Å²) in [6.45, 7) is 2.18. The Balaban J connectivity index is 2.05. The van der Waals surface area contributed by atoms with Crippen molar-refractivity contribution in [1.29, 1.82) is 0 Å². The van der Waals surface area contributed by atoms with E-state index in [9.17, 15) is 17.6 Å². The van der Waals surface area contributed by atoms with Crippen molar-refractivity contribution in [3.8, 4) is 11.6 Å². The summed E-state index contributed by atoms with van der Waals surface area (Å²) in [5, 5.41) is 14.8. The van der Waals surface area contributed by atoms with Crippen LogP contribution in [0.2, 0.25) is 0 Å². The average molecular weight is 434 g/mol. The number of nitrogens with one attached hydrogen (secondary N) is 1. The first-order valence-electron chi connectivity index (χ1n) is 8.97. The van der Waals surface area contributed by atoms with Gasteiger partial charge in [-0.3, -0.25) is 0 Å². The number of hydrogen-bond donors (Lipinski definition) is 2. The normalized spacial score (nSPS) is 11.3. The van der Waals surface area contributed by atoms with E-state index in [4.69, 9.17) is 9.84 Å². The van der Waals surface area contributed by atoms with Gasteiger partial charge in [-0.05, 0) is 31.2 Å². The number of halogens is 1. The fourth-order valence-electron chi connectivity index (χ4n) is 2.70. The van der Waals surface area contributed by atoms with E-state index in [1.807, 2.05) is 0 Å². The topological polar surface area (TPSA) is 123 Å². The summed E-state index contributed by atoms with van der Waals surface area (Å²) in [6.07, 6.45) is 0.0690. The molecule has 0 aliphatic rings. The molecule has 0 saturated heterocycles. The molecule has 2 aromatic heterocycles. The van der Waals surface area contributed by atoms with Crippen molar-refractivity contribution in [1.82, 2.24) is 20.1 Å². The maximum absolute atomic E-state index is 14.4. The maximum Gasteiger partial charge on any atom is 0.404 e. The summed E-state index contributed by atoms with van der Waals surface area (Å²) in [5.74, 6) is -0.378. The summed E-state index contributed by atoms with van der Waals surface area (Å²) in [7, 11) is -4.11. The number of carbonyl (C=O) groups is 1. The molecule has 3 aromatic rings. The van der Waals surface area contributed by atoms with Crippen LogP contribution in [-0.4, -0.2) is 47.5 Å². The molecule has 30 heavy (non-hydrogen) atoms. The van der Waals surface area contributed by atoms with Gasteiger partial charge in [0.15, 0.2) is 5.03 Å². The van der Waals surface area contributed by atoms with Gasteiger partial charge in [0.2, 0.25) is 15.7 Å². The lowest BCUT2D eigenvalue weighted by Gasteiger charge is -2.09. The van der Waals surface area contributed by atoms with Crippen LogP contribution in [0.4, 0.5) is 9.18 Å². The van der Waals surface area contributed by atoms with Crippen LogP contribution in [0.25, 0.3) is 5.69 Å². The molecule has 0 fully saturated rings. The van der Waals surface area contributed by atoms with Gasteiger partial charge in [-0.1, -0.05) is 12.1 Å². The molecule has 2 heterocycles. The van der Waals surface area contributed by atoms with Crippen LogP contribution in [0.1, 0.15) is 12.6 Å². The highest BCUT2D eigenvalue weighted by Gasteiger charge is 2.26. The van der Waals surface area contributed by atoms with Gasteiger partial charge in [0.1, 0.15) is 11.5 Å². The summed E-state index contributed by atoms with van der Waals surface area (Å²) in [5.41, 5.74) is 0.233. The van der Waals surface area contributed by atoms with Crippen molar-refractivity contribution in [2.45, 2.75) is 23.3 Å². The Morgan fingerprint density at radius 2 is 2.03 bits per heavy atom. The van der Waals surface area contributed by atoms with E-state index in [1.54, 1.807) is 13.0 Å². The van der Waals surface area contributed by atoms with Crippen molar-refractivity contribution < 1.29 is 27.4 Å². The molecule has 158 valence electrons. The number of pyridine rings is 1. The number of benzene rings is 1. The molecule has 11 heteroatoms. The molecule has 1 aromatic carbocycles. The van der Waals surface area contributed by atoms with E-state index in [1.165, 1.54) is 36.4 Å². The zero-order valence-electron chi connectivity index (χ0n) is 15.9. The highest BCUT2D eigenvalue weighted by molar-refractivity contribution is 7.91. The zero-order valence-corrected chi connectivity index (χ0v) is 16.8. The van der Waals surface area contributed by atoms with E-state index < -0.39 is 21.7 Å². The van der Waals surface area contributed by atoms with Crippen molar-refractivity contribution in [3.63, 3.8) is 0 Å². The number of nitrogens with zero attached hydrogens (tertiary/aromatic N) is 3. The first-order valence-corrected chi connectivity index (χ1v) is 10.5. The standard InChI is InChI=1S/C19H19FN4O5S/c1-2-29-17-8-7-14(12-22-17)30(27,28)18-11-13(9-10-21-19(25)26)23-24(18)16-6-4-3-5-15(16)20/h3-8,11-12,21H,2,9-10H2,1H3,(H,25,26). The van der Waals surface area contributed by atoms with Gasteiger partial charge in [-0.2, -0.15) is 5.10 Å². The number of sulfone groups is 1. The third-order valence-corrected chi connectivity index (χ3v) is 5.76. The molecule has 0 bridgehead atoms. The van der Waals surface area contributed by atoms with Crippen LogP contribution in [0.15, 0.2) is 58.6 Å². The second-order valence-corrected chi connectivity index (χ2v) is 7.98. The molecule has 9 nitrogen and oxygen atoms in total. The fraction of sp³-hybridized carbons (Fsp3) is 0.211. The Hall–Kier alpha value is -3.47. The molecule has 2 N–H and O–H groups in total. The number of carboxylic acid groups (broad SMARTS) is 1. The smallest absolute Gasteiger partial charge is 0.404 e. The maximum atomic E-state index is 14.4. The number of aromatic nitrogens is 3. The molecule has 0 aliphatic heterocycles. The molecule has 0 radical (unpaired) electrons. The van der Waals surface area contributed by atoms with E-state index in [0.29, 0.717) is 6.61 Å². The SMILES string of the molecule is CCOc1ccc(S(=O)(=O)c2cc(CCNC(=O)O)nn2-c2ccccc2F)cn1. The van der Waals surface area contributed by atoms with Crippen LogP contribution in [0.5, 0.6) is 5.88 Å². The zero-order chi connectivity index (χ0) is 21.7. The van der Waals surface area contributed by atoms with Crippen LogP contribution >= 0.6 is 0 Å². The third kappa shape index (κ3) is 4.57. The quantitative estimate of drug-likeness (QED) is 0.558. The number of ether oxygens (including phenoxy) is 1. The fourth-order valence-corrected chi connectivity index (χ4v) is 4.04. The minimum Gasteiger partial charge on any atom is -0.478 e. The molecular formula is C19H19FN4O5S. The summed E-state index contributed by atoms with van der Waals surface area (Å²) in [4.78, 5) is 14.5. The number of amides is 1. The minimum atomic E-state index is -4.11. The summed E-state index contributed by atoms with van der Waals surface area (Å²) >= 11 is 0. The average Bonchev–Trinajstić information content (AvgIpc) is 3.13. The van der Waals surface area contributed by atoms with Gasteiger partial charge in [0.25, 0.3) is 0 Å². The lowest BCUT2D eigenvalue weighted by Crippen LogP contribution is -2.23. The molecule has 3 rings (SSSR count). The molecule has 0 atom stereocenters. The highest BCUT2D eigenvalue weighted by Crippen LogP contribution is 2.26. The van der Waals surface area contributed by atoms with Crippen LogP contribution in [-0.2, 0) is 16.3 Å². The van der Waals surface area contributed by atoms with Gasteiger partial charge in [0.05, 0.1) is 17.2 Å². The third-order valence-electron chi connectivity index (χ3n) is 4.05. The van der Waals surface area contributed by atoms with Gasteiger partial charge in [-0.15, -0.1) is 0 Å². The van der Waals surface area contributed by atoms with Crippen molar-refractivity contribution in [2.24, 2.45) is 0 Å². The first kappa shape index (κ1) is 21.2. The Morgan fingerprint density at radius 1 is 1.27 bits per heavy atom. The molecular weight excluding hydrogens is 415 g/mol. The van der Waals surface area contributed by atoms with E-state index in [-0.39, 0.29) is 40.1 Å². The Labute approximate surface area is 172 Å². The molecule has 0 saturated carbocycles. The molecule has 1 amide bonds. The van der Waals surface area contributed by atoms with E-state index in [2.05, 4.69) is 15.4 Å². The number of para-hydroxylation sites is 1. The highest BCUT2D eigenvalue weighted by atomic mass is 32.2. The monoisotopic (exact) mass is 434 g/mol. The van der Waals surface area contributed by atoms with E-state index in [0.717, 1.165) is 10.9 Å². The first-order chi connectivity index (χ1) is 14.3. The van der Waals surface area contributed by atoms with Gasteiger partial charge >= 0.3 is 6.09 Å². The largest absolute Gasteiger partial charge is 0.478 e. The lowest BCUT2D eigenvalue weighted by molar-refractivity contribution is 0.194. The Morgan fingerprint density at radius 3 is 2.67 bits per heavy atom. The minimum absolute atomic E-state index is 0.0215. The predicted molar refractivity (Wildman–Crippen MR) is 104 cm³/mol. The van der Waals surface area contributed by atoms with Gasteiger partial charge in [-0.25, -0.2) is 27.3 Å². The molecule has 0 aliphatic carbocycles. The van der Waals surface area contributed by atoms with Crippen molar-refractivity contribution >= 4 is 15.9 Å². The number of hydrogen-bond acceptors (Lipinski definition) is 6. The number of rotatable bonds is 8. The van der Waals surface area contributed by atoms with Gasteiger partial charge in [0, 0.05) is 25.2 Å². The molecule has 0 unspecified atom stereocenters. The van der Waals surface area contributed by atoms with Crippen molar-refractivity contribution in [2.75, 3.05) is 13.2 Å². The second kappa shape index (κ2) is 8.91. The second-order valence-electron chi connectivity index (χ2n) is 6.09. The molecule has 0 spiro atoms. The predicted octanol–water partition coefficient (Wildman–Crippen LogP) is 2.45.